The molecule has 0 aliphatic carbocycles. The van der Waals surface area contributed by atoms with E-state index >= 15 is 0 Å². The monoisotopic (exact) mass is 493 g/mol. The summed E-state index contributed by atoms with van der Waals surface area (Å²) in [6, 6.07) is 12.0. The number of nitrogens with zero attached hydrogens (tertiary/aromatic N) is 6. The van der Waals surface area contributed by atoms with Crippen molar-refractivity contribution in [2.45, 2.75) is 32.4 Å². The first-order valence-electron chi connectivity index (χ1n) is 10.9. The fraction of sp³-hybridized carbons (Fsp3) is 0.240. The third kappa shape index (κ3) is 4.70. The highest BCUT2D eigenvalue weighted by molar-refractivity contribution is 6.04. The molecule has 0 aliphatic rings. The second-order valence-electron chi connectivity index (χ2n) is 8.82. The molecule has 2 aromatic carbocycles. The van der Waals surface area contributed by atoms with Gasteiger partial charge in [-0.05, 0) is 56.7 Å². The maximum absolute atomic E-state index is 13.8. The second-order valence-corrected chi connectivity index (χ2v) is 8.82. The van der Waals surface area contributed by atoms with Gasteiger partial charge in [-0.3, -0.25) is 9.48 Å². The number of hydrogen-bond acceptors (Lipinski definition) is 5. The summed E-state index contributed by atoms with van der Waals surface area (Å²) in [5, 5.41) is 24.1. The Labute approximate surface area is 205 Å². The Hall–Kier alpha value is -4.46. The van der Waals surface area contributed by atoms with Gasteiger partial charge < -0.3 is 5.32 Å². The van der Waals surface area contributed by atoms with Gasteiger partial charge in [0.2, 0.25) is 0 Å². The molecule has 0 radical (unpaired) electrons. The lowest BCUT2D eigenvalue weighted by atomic mass is 9.86. The third-order valence-corrected chi connectivity index (χ3v) is 5.94. The quantitative estimate of drug-likeness (QED) is 0.419. The summed E-state index contributed by atoms with van der Waals surface area (Å²) in [6.07, 6.45) is -1.76. The van der Waals surface area contributed by atoms with Gasteiger partial charge in [-0.15, -0.1) is 5.10 Å². The predicted molar refractivity (Wildman–Crippen MR) is 126 cm³/mol. The first-order chi connectivity index (χ1) is 16.9. The Kier molecular flexibility index (Phi) is 6.14. The number of amides is 1. The number of benzene rings is 2. The second kappa shape index (κ2) is 8.96. The molecule has 2 aromatic heterocycles. The standard InChI is InChI=1S/C25H22F3N7O/c1-15-19(12-30-34(15)4)21-13-35(33-32-21)22-10-16(8-9-20(22)25(26,27)28)23(36)31-18-7-5-6-17(11-18)24(2,3)14-29/h5-13H,1-4H3,(H,31,36). The lowest BCUT2D eigenvalue weighted by Crippen LogP contribution is -2.17. The number of alkyl halides is 3. The topological polar surface area (TPSA) is 101 Å². The van der Waals surface area contributed by atoms with E-state index in [1.807, 2.05) is 0 Å². The van der Waals surface area contributed by atoms with E-state index in [0.29, 0.717) is 22.5 Å². The number of carbonyl (C=O) groups is 1. The highest BCUT2D eigenvalue weighted by Gasteiger charge is 2.35. The van der Waals surface area contributed by atoms with Crippen LogP contribution >= 0.6 is 0 Å². The molecular weight excluding hydrogens is 471 g/mol. The average Bonchev–Trinajstić information content (AvgIpc) is 3.45. The van der Waals surface area contributed by atoms with E-state index in [-0.39, 0.29) is 11.3 Å². The van der Waals surface area contributed by atoms with Gasteiger partial charge >= 0.3 is 6.18 Å². The highest BCUT2D eigenvalue weighted by Crippen LogP contribution is 2.35. The number of halogens is 3. The summed E-state index contributed by atoms with van der Waals surface area (Å²) < 4.78 is 44.0. The van der Waals surface area contributed by atoms with Crippen LogP contribution in [0, 0.1) is 18.3 Å². The van der Waals surface area contributed by atoms with Crippen LogP contribution in [0.25, 0.3) is 16.9 Å². The third-order valence-electron chi connectivity index (χ3n) is 5.94. The molecule has 1 N–H and O–H groups in total. The normalized spacial score (nSPS) is 11.8. The predicted octanol–water partition coefficient (Wildman–Crippen LogP) is 5.05. The highest BCUT2D eigenvalue weighted by atomic mass is 19.4. The molecule has 11 heteroatoms. The summed E-state index contributed by atoms with van der Waals surface area (Å²) in [6.45, 7) is 5.30. The Morgan fingerprint density at radius 2 is 1.89 bits per heavy atom. The molecule has 2 heterocycles. The van der Waals surface area contributed by atoms with Crippen LogP contribution < -0.4 is 5.32 Å². The molecule has 0 unspecified atom stereocenters. The number of hydrogen-bond donors (Lipinski definition) is 1. The van der Waals surface area contributed by atoms with E-state index in [2.05, 4.69) is 26.8 Å². The van der Waals surface area contributed by atoms with E-state index in [9.17, 15) is 23.2 Å². The average molecular weight is 493 g/mol. The van der Waals surface area contributed by atoms with Crippen molar-refractivity contribution < 1.29 is 18.0 Å². The van der Waals surface area contributed by atoms with Gasteiger partial charge in [0.1, 0.15) is 5.69 Å². The van der Waals surface area contributed by atoms with E-state index in [1.54, 1.807) is 63.0 Å². The van der Waals surface area contributed by atoms with Gasteiger partial charge in [-0.2, -0.15) is 23.5 Å². The van der Waals surface area contributed by atoms with Crippen molar-refractivity contribution in [3.8, 4) is 23.0 Å². The minimum Gasteiger partial charge on any atom is -0.322 e. The van der Waals surface area contributed by atoms with Crippen molar-refractivity contribution in [1.29, 1.82) is 5.26 Å². The Morgan fingerprint density at radius 1 is 1.14 bits per heavy atom. The number of carbonyl (C=O) groups excluding carboxylic acids is 1. The van der Waals surface area contributed by atoms with Crippen LogP contribution in [0.5, 0.6) is 0 Å². The summed E-state index contributed by atoms with van der Waals surface area (Å²) in [5.41, 5.74) is 0.775. The lowest BCUT2D eigenvalue weighted by molar-refractivity contribution is -0.137. The molecule has 0 bridgehead atoms. The summed E-state index contributed by atoms with van der Waals surface area (Å²) >= 11 is 0. The van der Waals surface area contributed by atoms with Gasteiger partial charge in [0.15, 0.2) is 0 Å². The fourth-order valence-corrected chi connectivity index (χ4v) is 3.61. The number of anilines is 1. The molecule has 8 nitrogen and oxygen atoms in total. The van der Waals surface area contributed by atoms with Crippen molar-refractivity contribution in [3.05, 3.63) is 77.2 Å². The smallest absolute Gasteiger partial charge is 0.322 e. The lowest BCUT2D eigenvalue weighted by Gasteiger charge is -2.17. The van der Waals surface area contributed by atoms with Gasteiger partial charge in [0, 0.05) is 29.6 Å². The molecule has 184 valence electrons. The largest absolute Gasteiger partial charge is 0.418 e. The molecule has 0 saturated heterocycles. The van der Waals surface area contributed by atoms with Gasteiger partial charge in [-0.25, -0.2) is 4.68 Å². The molecule has 0 fully saturated rings. The van der Waals surface area contributed by atoms with Crippen molar-refractivity contribution >= 4 is 11.6 Å². The molecule has 4 rings (SSSR count). The first-order valence-corrected chi connectivity index (χ1v) is 10.9. The number of nitrogens with one attached hydrogen (secondary N) is 1. The maximum atomic E-state index is 13.8. The molecule has 0 aliphatic heterocycles. The van der Waals surface area contributed by atoms with E-state index in [0.717, 1.165) is 28.6 Å². The van der Waals surface area contributed by atoms with Gasteiger partial charge in [0.25, 0.3) is 5.91 Å². The maximum Gasteiger partial charge on any atom is 0.418 e. The summed E-state index contributed by atoms with van der Waals surface area (Å²) in [5.74, 6) is -0.611. The zero-order valence-corrected chi connectivity index (χ0v) is 19.9. The van der Waals surface area contributed by atoms with Gasteiger partial charge in [-0.1, -0.05) is 17.3 Å². The SMILES string of the molecule is Cc1c(-c2cn(-c3cc(C(=O)Nc4cccc(C(C)(C)C#N)c4)ccc3C(F)(F)F)nn2)cnn1C. The van der Waals surface area contributed by atoms with Crippen LogP contribution in [-0.4, -0.2) is 30.7 Å². The minimum absolute atomic E-state index is 0.00226. The van der Waals surface area contributed by atoms with E-state index in [4.69, 9.17) is 0 Å². The zero-order chi connectivity index (χ0) is 26.3. The van der Waals surface area contributed by atoms with Crippen molar-refractivity contribution in [3.63, 3.8) is 0 Å². The van der Waals surface area contributed by atoms with Gasteiger partial charge in [0.05, 0.1) is 35.1 Å². The van der Waals surface area contributed by atoms with Crippen LogP contribution in [0.3, 0.4) is 0 Å². The minimum atomic E-state index is -4.68. The molecular formula is C25H22F3N7O. The van der Waals surface area contributed by atoms with E-state index in [1.165, 1.54) is 6.20 Å². The van der Waals surface area contributed by atoms with Crippen molar-refractivity contribution in [2.24, 2.45) is 7.05 Å². The Morgan fingerprint density at radius 3 is 2.53 bits per heavy atom. The summed E-state index contributed by atoms with van der Waals surface area (Å²) in [7, 11) is 1.74. The molecule has 0 spiro atoms. The van der Waals surface area contributed by atoms with Crippen LogP contribution in [0.2, 0.25) is 0 Å². The van der Waals surface area contributed by atoms with Crippen LogP contribution in [0.4, 0.5) is 18.9 Å². The number of aryl methyl sites for hydroxylation is 1. The van der Waals surface area contributed by atoms with E-state index < -0.39 is 23.1 Å². The Balaban J connectivity index is 1.70. The van der Waals surface area contributed by atoms with Crippen molar-refractivity contribution in [1.82, 2.24) is 24.8 Å². The van der Waals surface area contributed by atoms with Crippen LogP contribution in [0.15, 0.2) is 54.9 Å². The molecule has 4 aromatic rings. The molecule has 36 heavy (non-hydrogen) atoms. The Bertz CT molecular complexity index is 1490. The summed E-state index contributed by atoms with van der Waals surface area (Å²) in [4.78, 5) is 12.9. The zero-order valence-electron chi connectivity index (χ0n) is 19.9. The number of aromatic nitrogens is 5. The van der Waals surface area contributed by atoms with Crippen molar-refractivity contribution in [2.75, 3.05) is 5.32 Å². The van der Waals surface area contributed by atoms with Crippen LogP contribution in [-0.2, 0) is 18.6 Å². The molecule has 0 saturated carbocycles. The fourth-order valence-electron chi connectivity index (χ4n) is 3.61. The number of rotatable bonds is 5. The molecule has 1 amide bonds. The molecule has 0 atom stereocenters. The number of nitriles is 1. The van der Waals surface area contributed by atoms with Crippen LogP contribution in [0.1, 0.15) is 41.0 Å². The first kappa shape index (κ1) is 24.7.